The highest BCUT2D eigenvalue weighted by molar-refractivity contribution is 9.10. The lowest BCUT2D eigenvalue weighted by molar-refractivity contribution is 0.584. The van der Waals surface area contributed by atoms with E-state index in [9.17, 15) is 4.79 Å². The second-order valence-electron chi connectivity index (χ2n) is 4.16. The number of rotatable bonds is 4. The monoisotopic (exact) mass is 422 g/mol. The summed E-state index contributed by atoms with van der Waals surface area (Å²) in [5, 5.41) is 4.68. The maximum Gasteiger partial charge on any atom is 0.269 e. The maximum absolute atomic E-state index is 12.1. The van der Waals surface area contributed by atoms with Crippen molar-refractivity contribution in [2.24, 2.45) is 0 Å². The molecule has 0 saturated carbocycles. The van der Waals surface area contributed by atoms with Crippen LogP contribution in [0.4, 0.5) is 0 Å². The summed E-state index contributed by atoms with van der Waals surface area (Å²) in [5.74, 6) is 0. The molecule has 0 spiro atoms. The first-order valence-corrected chi connectivity index (χ1v) is 8.10. The molecule has 2 heterocycles. The molecule has 0 aromatic carbocycles. The molecule has 5 nitrogen and oxygen atoms in total. The van der Waals surface area contributed by atoms with Crippen LogP contribution in [0.15, 0.2) is 20.1 Å². The van der Waals surface area contributed by atoms with E-state index < -0.39 is 0 Å². The molecular weight excluding hydrogens is 411 g/mol. The van der Waals surface area contributed by atoms with E-state index >= 15 is 0 Å². The van der Waals surface area contributed by atoms with Crippen molar-refractivity contribution in [1.29, 1.82) is 0 Å². The Morgan fingerprint density at radius 2 is 2.00 bits per heavy atom. The number of aromatic nitrogens is 4. The third-order valence-electron chi connectivity index (χ3n) is 2.95. The zero-order valence-electron chi connectivity index (χ0n) is 11.0. The summed E-state index contributed by atoms with van der Waals surface area (Å²) in [6, 6.07) is 0. The molecule has 8 heteroatoms. The van der Waals surface area contributed by atoms with Gasteiger partial charge in [-0.1, -0.05) is 18.5 Å². The smallest absolute Gasteiger partial charge is 0.269 e. The van der Waals surface area contributed by atoms with Gasteiger partial charge in [-0.05, 0) is 45.2 Å². The molecule has 0 unspecified atom stereocenters. The molecule has 2 aromatic rings. The molecule has 0 N–H and O–H groups in total. The van der Waals surface area contributed by atoms with Gasteiger partial charge in [0.25, 0.3) is 5.56 Å². The number of nitrogens with zero attached hydrogens (tertiary/aromatic N) is 4. The zero-order valence-corrected chi connectivity index (χ0v) is 15.0. The van der Waals surface area contributed by atoms with Crippen LogP contribution in [0.3, 0.4) is 0 Å². The first-order valence-electron chi connectivity index (χ1n) is 6.14. The molecule has 0 aliphatic rings. The molecule has 0 aliphatic heterocycles. The van der Waals surface area contributed by atoms with Crippen LogP contribution < -0.4 is 5.56 Å². The van der Waals surface area contributed by atoms with Gasteiger partial charge in [-0.3, -0.25) is 14.0 Å². The molecule has 0 atom stereocenters. The van der Waals surface area contributed by atoms with Crippen molar-refractivity contribution in [3.63, 3.8) is 0 Å². The van der Waals surface area contributed by atoms with Gasteiger partial charge in [0.05, 0.1) is 28.7 Å². The quantitative estimate of drug-likeness (QED) is 0.708. The normalized spacial score (nSPS) is 11.1. The predicted molar refractivity (Wildman–Crippen MR) is 85.3 cm³/mol. The number of halogens is 3. The molecule has 2 rings (SSSR count). The fourth-order valence-corrected chi connectivity index (χ4v) is 3.03. The molecule has 0 bridgehead atoms. The van der Waals surface area contributed by atoms with Crippen molar-refractivity contribution in [2.45, 2.75) is 33.4 Å². The Morgan fingerprint density at radius 1 is 1.30 bits per heavy atom. The van der Waals surface area contributed by atoms with Gasteiger partial charge in [0.2, 0.25) is 0 Å². The molecule has 2 aromatic heterocycles. The predicted octanol–water partition coefficient (Wildman–Crippen LogP) is 3.25. The van der Waals surface area contributed by atoms with Crippen LogP contribution >= 0.6 is 43.5 Å². The minimum atomic E-state index is -0.209. The average molecular weight is 425 g/mol. The first-order chi connectivity index (χ1) is 9.49. The van der Waals surface area contributed by atoms with Crippen LogP contribution in [0.1, 0.15) is 25.2 Å². The third-order valence-corrected chi connectivity index (χ3v) is 5.10. The van der Waals surface area contributed by atoms with Gasteiger partial charge in [-0.2, -0.15) is 5.10 Å². The SMILES string of the molecule is CCc1nn(CC)c(Cn2cnc(Cl)c(Br)c2=O)c1Br. The lowest BCUT2D eigenvalue weighted by Gasteiger charge is -2.08. The summed E-state index contributed by atoms with van der Waals surface area (Å²) in [7, 11) is 0. The lowest BCUT2D eigenvalue weighted by Crippen LogP contribution is -2.23. The summed E-state index contributed by atoms with van der Waals surface area (Å²) >= 11 is 12.5. The summed E-state index contributed by atoms with van der Waals surface area (Å²) in [4.78, 5) is 16.1. The Hall–Kier alpha value is -0.660. The van der Waals surface area contributed by atoms with Gasteiger partial charge in [-0.15, -0.1) is 0 Å². The lowest BCUT2D eigenvalue weighted by atomic mass is 10.3. The average Bonchev–Trinajstić information content (AvgIpc) is 2.75. The van der Waals surface area contributed by atoms with Gasteiger partial charge in [-0.25, -0.2) is 4.98 Å². The number of hydrogen-bond acceptors (Lipinski definition) is 3. The van der Waals surface area contributed by atoms with Crippen LogP contribution in [0.2, 0.25) is 5.15 Å². The van der Waals surface area contributed by atoms with E-state index in [1.54, 1.807) is 0 Å². The topological polar surface area (TPSA) is 52.7 Å². The Kier molecular flexibility index (Phi) is 5.04. The van der Waals surface area contributed by atoms with Gasteiger partial charge < -0.3 is 0 Å². The molecule has 0 radical (unpaired) electrons. The van der Waals surface area contributed by atoms with Crippen molar-refractivity contribution in [1.82, 2.24) is 19.3 Å². The molecule has 0 saturated heterocycles. The van der Waals surface area contributed by atoms with Crippen LogP contribution in [0, 0.1) is 0 Å². The van der Waals surface area contributed by atoms with Crippen LogP contribution in [-0.2, 0) is 19.5 Å². The maximum atomic E-state index is 12.1. The van der Waals surface area contributed by atoms with Crippen LogP contribution in [0.5, 0.6) is 0 Å². The van der Waals surface area contributed by atoms with Crippen LogP contribution in [0.25, 0.3) is 0 Å². The van der Waals surface area contributed by atoms with E-state index in [0.717, 1.165) is 28.8 Å². The first kappa shape index (κ1) is 15.7. The number of aryl methyl sites for hydroxylation is 2. The molecule has 0 fully saturated rings. The fraction of sp³-hybridized carbons (Fsp3) is 0.417. The molecule has 0 amide bonds. The Morgan fingerprint density at radius 3 is 2.60 bits per heavy atom. The highest BCUT2D eigenvalue weighted by Crippen LogP contribution is 2.23. The summed E-state index contributed by atoms with van der Waals surface area (Å²) in [5.41, 5.74) is 1.72. The van der Waals surface area contributed by atoms with E-state index in [1.807, 2.05) is 18.5 Å². The zero-order chi connectivity index (χ0) is 14.9. The number of hydrogen-bond donors (Lipinski definition) is 0. The van der Waals surface area contributed by atoms with Crippen molar-refractivity contribution in [3.8, 4) is 0 Å². The van der Waals surface area contributed by atoms with Gasteiger partial charge in [0.1, 0.15) is 4.47 Å². The van der Waals surface area contributed by atoms with E-state index in [1.165, 1.54) is 10.9 Å². The molecule has 20 heavy (non-hydrogen) atoms. The minimum Gasteiger partial charge on any atom is -0.292 e. The van der Waals surface area contributed by atoms with Crippen molar-refractivity contribution in [2.75, 3.05) is 0 Å². The third kappa shape index (κ3) is 2.84. The van der Waals surface area contributed by atoms with Gasteiger partial charge in [0, 0.05) is 6.54 Å². The standard InChI is InChI=1S/C12H13Br2ClN4O/c1-3-7-9(13)8(19(4-2)17-7)5-18-6-16-11(15)10(14)12(18)20/h6H,3-5H2,1-2H3. The second kappa shape index (κ2) is 6.41. The Bertz CT molecular complexity index is 695. The van der Waals surface area contributed by atoms with E-state index in [2.05, 4.69) is 41.9 Å². The largest absolute Gasteiger partial charge is 0.292 e. The van der Waals surface area contributed by atoms with Crippen LogP contribution in [-0.4, -0.2) is 19.3 Å². The Balaban J connectivity index is 2.47. The summed E-state index contributed by atoms with van der Waals surface area (Å²) in [6.45, 7) is 5.19. The molecule has 0 aliphatic carbocycles. The van der Waals surface area contributed by atoms with E-state index in [-0.39, 0.29) is 15.2 Å². The minimum absolute atomic E-state index is 0.170. The summed E-state index contributed by atoms with van der Waals surface area (Å²) in [6.07, 6.45) is 2.28. The fourth-order valence-electron chi connectivity index (χ4n) is 1.89. The molecular formula is C12H13Br2ClN4O. The summed E-state index contributed by atoms with van der Waals surface area (Å²) < 4.78 is 4.61. The van der Waals surface area contributed by atoms with E-state index in [4.69, 9.17) is 11.6 Å². The van der Waals surface area contributed by atoms with Crippen molar-refractivity contribution < 1.29 is 0 Å². The highest BCUT2D eigenvalue weighted by Gasteiger charge is 2.16. The highest BCUT2D eigenvalue weighted by atomic mass is 79.9. The van der Waals surface area contributed by atoms with Gasteiger partial charge in [0.15, 0.2) is 5.15 Å². The van der Waals surface area contributed by atoms with E-state index in [0.29, 0.717) is 6.54 Å². The van der Waals surface area contributed by atoms with Gasteiger partial charge >= 0.3 is 0 Å². The second-order valence-corrected chi connectivity index (χ2v) is 6.10. The van der Waals surface area contributed by atoms with Crippen molar-refractivity contribution in [3.05, 3.63) is 42.2 Å². The van der Waals surface area contributed by atoms with Crippen molar-refractivity contribution >= 4 is 43.5 Å². The Labute approximate surface area is 138 Å². The molecule has 108 valence electrons.